The lowest BCUT2D eigenvalue weighted by molar-refractivity contribution is -0.384. The number of anilines is 1. The normalized spacial score (nSPS) is 10.0. The molecule has 0 unspecified atom stereocenters. The SMILES string of the molecule is COc1cc(NCCOCC(=O)O)c([N+](=O)[O-])cc1OC. The van der Waals surface area contributed by atoms with Crippen molar-refractivity contribution in [2.45, 2.75) is 0 Å². The van der Waals surface area contributed by atoms with Gasteiger partial charge in [0.25, 0.3) is 5.69 Å². The number of rotatable bonds is 9. The Balaban J connectivity index is 2.79. The van der Waals surface area contributed by atoms with Crippen molar-refractivity contribution in [3.63, 3.8) is 0 Å². The molecule has 116 valence electrons. The summed E-state index contributed by atoms with van der Waals surface area (Å²) in [6, 6.07) is 2.69. The summed E-state index contributed by atoms with van der Waals surface area (Å²) in [5, 5.41) is 22.2. The van der Waals surface area contributed by atoms with Gasteiger partial charge >= 0.3 is 5.97 Å². The zero-order chi connectivity index (χ0) is 15.8. The average Bonchev–Trinajstić information content (AvgIpc) is 2.45. The molecule has 0 aliphatic carbocycles. The fourth-order valence-electron chi connectivity index (χ4n) is 1.58. The lowest BCUT2D eigenvalue weighted by Crippen LogP contribution is -2.14. The fourth-order valence-corrected chi connectivity index (χ4v) is 1.58. The molecule has 0 aliphatic heterocycles. The third-order valence-corrected chi connectivity index (χ3v) is 2.49. The second-order valence-electron chi connectivity index (χ2n) is 3.85. The predicted molar refractivity (Wildman–Crippen MR) is 73.1 cm³/mol. The van der Waals surface area contributed by atoms with E-state index in [1.807, 2.05) is 0 Å². The highest BCUT2D eigenvalue weighted by Gasteiger charge is 2.19. The molecule has 0 saturated carbocycles. The van der Waals surface area contributed by atoms with E-state index in [2.05, 4.69) is 5.32 Å². The molecule has 21 heavy (non-hydrogen) atoms. The van der Waals surface area contributed by atoms with Crippen LogP contribution >= 0.6 is 0 Å². The van der Waals surface area contributed by atoms with E-state index in [0.29, 0.717) is 5.75 Å². The zero-order valence-corrected chi connectivity index (χ0v) is 11.6. The number of ether oxygens (including phenoxy) is 3. The molecule has 0 atom stereocenters. The summed E-state index contributed by atoms with van der Waals surface area (Å²) in [7, 11) is 2.80. The van der Waals surface area contributed by atoms with Crippen molar-refractivity contribution in [1.82, 2.24) is 0 Å². The minimum absolute atomic E-state index is 0.0950. The molecule has 1 aromatic rings. The molecule has 9 heteroatoms. The van der Waals surface area contributed by atoms with Crippen molar-refractivity contribution in [1.29, 1.82) is 0 Å². The Hall–Kier alpha value is -2.55. The summed E-state index contributed by atoms with van der Waals surface area (Å²) in [5.74, 6) is -0.485. The average molecular weight is 300 g/mol. The van der Waals surface area contributed by atoms with Crippen LogP contribution in [0.25, 0.3) is 0 Å². The molecule has 0 saturated heterocycles. The summed E-state index contributed by atoms with van der Waals surface area (Å²) >= 11 is 0. The van der Waals surface area contributed by atoms with E-state index in [9.17, 15) is 14.9 Å². The van der Waals surface area contributed by atoms with Crippen LogP contribution in [0, 0.1) is 10.1 Å². The van der Waals surface area contributed by atoms with Gasteiger partial charge in [0.15, 0.2) is 11.5 Å². The Labute approximate surface area is 120 Å². The maximum Gasteiger partial charge on any atom is 0.329 e. The van der Waals surface area contributed by atoms with Gasteiger partial charge in [0.2, 0.25) is 0 Å². The molecule has 0 fully saturated rings. The first-order chi connectivity index (χ1) is 9.99. The second kappa shape index (κ2) is 7.90. The number of carboxylic acid groups (broad SMARTS) is 1. The molecule has 0 bridgehead atoms. The first kappa shape index (κ1) is 16.5. The van der Waals surface area contributed by atoms with Gasteiger partial charge in [0.05, 0.1) is 31.8 Å². The monoisotopic (exact) mass is 300 g/mol. The maximum absolute atomic E-state index is 11.0. The smallest absolute Gasteiger partial charge is 0.329 e. The van der Waals surface area contributed by atoms with E-state index in [-0.39, 0.29) is 30.3 Å². The van der Waals surface area contributed by atoms with E-state index in [0.717, 1.165) is 0 Å². The second-order valence-corrected chi connectivity index (χ2v) is 3.85. The van der Waals surface area contributed by atoms with Crippen LogP contribution in [0.4, 0.5) is 11.4 Å². The summed E-state index contributed by atoms with van der Waals surface area (Å²) in [6.45, 7) is -0.114. The number of hydrogen-bond donors (Lipinski definition) is 2. The number of nitro benzene ring substituents is 1. The molecule has 2 N–H and O–H groups in total. The van der Waals surface area contributed by atoms with Crippen molar-refractivity contribution in [3.05, 3.63) is 22.2 Å². The molecule has 0 aliphatic rings. The van der Waals surface area contributed by atoms with Crippen LogP contribution in [-0.2, 0) is 9.53 Å². The highest BCUT2D eigenvalue weighted by Crippen LogP contribution is 2.37. The number of carbonyl (C=O) groups is 1. The molecule has 9 nitrogen and oxygen atoms in total. The van der Waals surface area contributed by atoms with E-state index >= 15 is 0 Å². The number of benzene rings is 1. The number of nitro groups is 1. The molecule has 0 aromatic heterocycles. The van der Waals surface area contributed by atoms with Crippen molar-refractivity contribution in [3.8, 4) is 11.5 Å². The van der Waals surface area contributed by atoms with Gasteiger partial charge in [-0.05, 0) is 0 Å². The van der Waals surface area contributed by atoms with E-state index in [1.165, 1.54) is 26.4 Å². The largest absolute Gasteiger partial charge is 0.493 e. The van der Waals surface area contributed by atoms with Crippen LogP contribution in [0.2, 0.25) is 0 Å². The van der Waals surface area contributed by atoms with Crippen molar-refractivity contribution < 1.29 is 29.0 Å². The molecular weight excluding hydrogens is 284 g/mol. The Morgan fingerprint density at radius 2 is 1.95 bits per heavy atom. The number of hydrogen-bond acceptors (Lipinski definition) is 7. The van der Waals surface area contributed by atoms with Crippen LogP contribution in [0.1, 0.15) is 0 Å². The highest BCUT2D eigenvalue weighted by molar-refractivity contribution is 5.69. The van der Waals surface area contributed by atoms with E-state index < -0.39 is 17.5 Å². The number of nitrogens with one attached hydrogen (secondary N) is 1. The van der Waals surface area contributed by atoms with Gasteiger partial charge in [0, 0.05) is 12.6 Å². The van der Waals surface area contributed by atoms with Gasteiger partial charge in [0.1, 0.15) is 12.3 Å². The van der Waals surface area contributed by atoms with Gasteiger partial charge in [-0.2, -0.15) is 0 Å². The number of methoxy groups -OCH3 is 2. The first-order valence-corrected chi connectivity index (χ1v) is 5.93. The van der Waals surface area contributed by atoms with Gasteiger partial charge in [-0.3, -0.25) is 10.1 Å². The number of aliphatic carboxylic acids is 1. The number of carboxylic acids is 1. The standard InChI is InChI=1S/C12H16N2O7/c1-19-10-5-8(13-3-4-21-7-12(15)16)9(14(17)18)6-11(10)20-2/h5-6,13H,3-4,7H2,1-2H3,(H,15,16). The summed E-state index contributed by atoms with van der Waals surface area (Å²) in [6.07, 6.45) is 0. The van der Waals surface area contributed by atoms with Gasteiger partial charge in [-0.1, -0.05) is 0 Å². The van der Waals surface area contributed by atoms with Gasteiger partial charge in [-0.15, -0.1) is 0 Å². The Kier molecular flexibility index (Phi) is 6.21. The predicted octanol–water partition coefficient (Wildman–Crippen LogP) is 1.13. The quantitative estimate of drug-likeness (QED) is 0.395. The van der Waals surface area contributed by atoms with Crippen LogP contribution in [0.5, 0.6) is 11.5 Å². The number of nitrogens with zero attached hydrogens (tertiary/aromatic N) is 1. The van der Waals surface area contributed by atoms with Crippen molar-refractivity contribution >= 4 is 17.3 Å². The van der Waals surface area contributed by atoms with Gasteiger partial charge in [-0.25, -0.2) is 4.79 Å². The van der Waals surface area contributed by atoms with Crippen LogP contribution < -0.4 is 14.8 Å². The minimum Gasteiger partial charge on any atom is -0.493 e. The van der Waals surface area contributed by atoms with Crippen molar-refractivity contribution in [2.75, 3.05) is 39.3 Å². The Morgan fingerprint density at radius 3 is 2.48 bits per heavy atom. The van der Waals surface area contributed by atoms with Crippen LogP contribution in [-0.4, -0.2) is 50.0 Å². The Bertz CT molecular complexity index is 519. The summed E-state index contributed by atoms with van der Waals surface area (Å²) in [4.78, 5) is 20.7. The van der Waals surface area contributed by atoms with Crippen LogP contribution in [0.15, 0.2) is 12.1 Å². The summed E-state index contributed by atoms with van der Waals surface area (Å²) in [5.41, 5.74) is 0.0578. The van der Waals surface area contributed by atoms with Crippen molar-refractivity contribution in [2.24, 2.45) is 0 Å². The molecule has 1 rings (SSSR count). The third-order valence-electron chi connectivity index (χ3n) is 2.49. The molecule has 0 heterocycles. The minimum atomic E-state index is -1.08. The molecule has 0 amide bonds. The van der Waals surface area contributed by atoms with E-state index in [4.69, 9.17) is 19.3 Å². The lowest BCUT2D eigenvalue weighted by Gasteiger charge is -2.12. The Morgan fingerprint density at radius 1 is 1.33 bits per heavy atom. The zero-order valence-electron chi connectivity index (χ0n) is 11.6. The van der Waals surface area contributed by atoms with E-state index in [1.54, 1.807) is 0 Å². The van der Waals surface area contributed by atoms with Gasteiger partial charge < -0.3 is 24.6 Å². The van der Waals surface area contributed by atoms with Crippen LogP contribution in [0.3, 0.4) is 0 Å². The maximum atomic E-state index is 11.0. The molecule has 0 spiro atoms. The fraction of sp³-hybridized carbons (Fsp3) is 0.417. The third kappa shape index (κ3) is 4.80. The summed E-state index contributed by atoms with van der Waals surface area (Å²) < 4.78 is 14.9. The first-order valence-electron chi connectivity index (χ1n) is 5.93. The molecule has 1 aromatic carbocycles. The topological polar surface area (TPSA) is 120 Å². The molecule has 0 radical (unpaired) electrons. The highest BCUT2D eigenvalue weighted by atomic mass is 16.6. The molecular formula is C12H16N2O7. The lowest BCUT2D eigenvalue weighted by atomic mass is 10.2.